The first-order valence-corrected chi connectivity index (χ1v) is 13.3. The number of benzene rings is 3. The number of hydrogen-bond donors (Lipinski definition) is 0. The molecule has 5 rings (SSSR count). The van der Waals surface area contributed by atoms with Crippen LogP contribution in [-0.2, 0) is 15.7 Å². The number of alkyl halides is 3. The van der Waals surface area contributed by atoms with Crippen LogP contribution in [0.25, 0.3) is 11.6 Å². The van der Waals surface area contributed by atoms with E-state index in [1.807, 2.05) is 48.5 Å². The molecule has 8 heteroatoms. The van der Waals surface area contributed by atoms with Crippen LogP contribution < -0.4 is 9.64 Å². The summed E-state index contributed by atoms with van der Waals surface area (Å²) in [4.78, 5) is 17.5. The molecular formula is C31H31F3N2O3. The largest absolute Gasteiger partial charge is 0.494 e. The third kappa shape index (κ3) is 6.52. The number of ether oxygens (including phenoxy) is 2. The van der Waals surface area contributed by atoms with E-state index in [0.717, 1.165) is 70.0 Å². The SMILES string of the molecule is O=C1/C(=C\c2cccc(C(F)(F)F)c2)c2ccccc2N1c1ccc(OCCCCCN2CCOCC2)cc1. The maximum atomic E-state index is 13.5. The number of halogens is 3. The molecule has 0 aliphatic carbocycles. The minimum absolute atomic E-state index is 0.289. The average molecular weight is 537 g/mol. The Kier molecular flexibility index (Phi) is 8.33. The maximum Gasteiger partial charge on any atom is 0.416 e. The Labute approximate surface area is 226 Å². The van der Waals surface area contributed by atoms with Gasteiger partial charge in [0.1, 0.15) is 5.75 Å². The van der Waals surface area contributed by atoms with Gasteiger partial charge in [0.05, 0.1) is 36.6 Å². The van der Waals surface area contributed by atoms with Gasteiger partial charge in [0, 0.05) is 24.3 Å². The summed E-state index contributed by atoms with van der Waals surface area (Å²) in [6.07, 6.45) is 0.260. The van der Waals surface area contributed by atoms with Gasteiger partial charge >= 0.3 is 6.18 Å². The highest BCUT2D eigenvalue weighted by atomic mass is 19.4. The molecule has 0 N–H and O–H groups in total. The summed E-state index contributed by atoms with van der Waals surface area (Å²) in [6, 6.07) is 19.6. The minimum Gasteiger partial charge on any atom is -0.494 e. The van der Waals surface area contributed by atoms with Crippen LogP contribution in [0.2, 0.25) is 0 Å². The quantitative estimate of drug-likeness (QED) is 0.223. The van der Waals surface area contributed by atoms with Crippen LogP contribution >= 0.6 is 0 Å². The molecule has 1 amide bonds. The topological polar surface area (TPSA) is 42.0 Å². The lowest BCUT2D eigenvalue weighted by molar-refractivity contribution is -0.137. The Hall–Kier alpha value is -3.62. The van der Waals surface area contributed by atoms with Crippen molar-refractivity contribution in [3.05, 3.63) is 89.5 Å². The van der Waals surface area contributed by atoms with Gasteiger partial charge in [-0.1, -0.05) is 30.3 Å². The van der Waals surface area contributed by atoms with E-state index in [2.05, 4.69) is 4.90 Å². The summed E-state index contributed by atoms with van der Waals surface area (Å²) in [5, 5.41) is 0. The molecule has 5 nitrogen and oxygen atoms in total. The van der Waals surface area contributed by atoms with Crippen molar-refractivity contribution in [2.24, 2.45) is 0 Å². The number of fused-ring (bicyclic) bond motifs is 1. The number of hydrogen-bond acceptors (Lipinski definition) is 4. The highest BCUT2D eigenvalue weighted by molar-refractivity contribution is 6.38. The zero-order valence-electron chi connectivity index (χ0n) is 21.6. The first-order valence-electron chi connectivity index (χ1n) is 13.3. The fourth-order valence-electron chi connectivity index (χ4n) is 4.93. The standard InChI is InChI=1S/C31H31F3N2O3/c32-31(33,34)24-8-6-7-23(21-24)22-28-27-9-2-3-10-29(27)36(30(28)37)25-11-13-26(14-12-25)39-18-5-1-4-15-35-16-19-38-20-17-35/h2-3,6-14,21-22H,1,4-5,15-20H2/b28-22-. The van der Waals surface area contributed by atoms with Crippen LogP contribution in [0, 0.1) is 0 Å². The van der Waals surface area contributed by atoms with Crippen LogP contribution in [0.1, 0.15) is 36.0 Å². The Morgan fingerprint density at radius 3 is 2.44 bits per heavy atom. The molecule has 0 unspecified atom stereocenters. The molecule has 3 aromatic rings. The van der Waals surface area contributed by atoms with Crippen molar-refractivity contribution < 1.29 is 27.4 Å². The smallest absolute Gasteiger partial charge is 0.416 e. The van der Waals surface area contributed by atoms with Crippen molar-refractivity contribution in [2.75, 3.05) is 44.4 Å². The Bertz CT molecular complexity index is 1320. The number of nitrogens with zero attached hydrogens (tertiary/aromatic N) is 2. The van der Waals surface area contributed by atoms with Gasteiger partial charge in [0.25, 0.3) is 5.91 Å². The molecule has 1 saturated heterocycles. The lowest BCUT2D eigenvalue weighted by atomic mass is 10.0. The summed E-state index contributed by atoms with van der Waals surface area (Å²) in [5.41, 5.74) is 1.95. The highest BCUT2D eigenvalue weighted by Crippen LogP contribution is 2.42. The van der Waals surface area contributed by atoms with Crippen LogP contribution in [0.3, 0.4) is 0 Å². The summed E-state index contributed by atoms with van der Waals surface area (Å²) >= 11 is 0. The Morgan fingerprint density at radius 2 is 1.67 bits per heavy atom. The van der Waals surface area contributed by atoms with E-state index < -0.39 is 11.7 Å². The number of carbonyl (C=O) groups is 1. The molecular weight excluding hydrogens is 505 g/mol. The molecule has 0 saturated carbocycles. The van der Waals surface area contributed by atoms with Crippen molar-refractivity contribution in [3.63, 3.8) is 0 Å². The number of amides is 1. The Balaban J connectivity index is 1.23. The second-order valence-electron chi connectivity index (χ2n) is 9.70. The van der Waals surface area contributed by atoms with E-state index in [4.69, 9.17) is 9.47 Å². The normalized spacial score (nSPS) is 17.1. The third-order valence-corrected chi connectivity index (χ3v) is 6.98. The predicted octanol–water partition coefficient (Wildman–Crippen LogP) is 6.81. The van der Waals surface area contributed by atoms with Gasteiger partial charge in [-0.3, -0.25) is 14.6 Å². The molecule has 39 heavy (non-hydrogen) atoms. The molecule has 0 bridgehead atoms. The van der Waals surface area contributed by atoms with Crippen LogP contribution in [-0.4, -0.2) is 50.3 Å². The van der Waals surface area contributed by atoms with E-state index in [1.165, 1.54) is 12.1 Å². The molecule has 1 fully saturated rings. The summed E-state index contributed by atoms with van der Waals surface area (Å²) < 4.78 is 50.9. The van der Waals surface area contributed by atoms with E-state index >= 15 is 0 Å². The fraction of sp³-hybridized carbons (Fsp3) is 0.323. The lowest BCUT2D eigenvalue weighted by Crippen LogP contribution is -2.36. The summed E-state index contributed by atoms with van der Waals surface area (Å²) in [6.45, 7) is 5.37. The summed E-state index contributed by atoms with van der Waals surface area (Å²) in [7, 11) is 0. The van der Waals surface area contributed by atoms with E-state index in [-0.39, 0.29) is 5.91 Å². The van der Waals surface area contributed by atoms with E-state index in [9.17, 15) is 18.0 Å². The second kappa shape index (κ2) is 12.1. The fourth-order valence-corrected chi connectivity index (χ4v) is 4.93. The first-order chi connectivity index (χ1) is 18.9. The van der Waals surface area contributed by atoms with Crippen LogP contribution in [0.4, 0.5) is 24.5 Å². The molecule has 0 atom stereocenters. The molecule has 2 heterocycles. The predicted molar refractivity (Wildman–Crippen MR) is 146 cm³/mol. The molecule has 2 aliphatic heterocycles. The van der Waals surface area contributed by atoms with Gasteiger partial charge in [-0.25, -0.2) is 0 Å². The second-order valence-corrected chi connectivity index (χ2v) is 9.70. The van der Waals surface area contributed by atoms with Crippen LogP contribution in [0.15, 0.2) is 72.8 Å². The number of rotatable bonds is 9. The van der Waals surface area contributed by atoms with Crippen molar-refractivity contribution in [1.29, 1.82) is 0 Å². The van der Waals surface area contributed by atoms with Crippen molar-refractivity contribution in [1.82, 2.24) is 4.90 Å². The minimum atomic E-state index is -4.45. The van der Waals surface area contributed by atoms with Gasteiger partial charge < -0.3 is 9.47 Å². The molecule has 0 aromatic heterocycles. The molecule has 204 valence electrons. The van der Waals surface area contributed by atoms with E-state index in [0.29, 0.717) is 34.7 Å². The number of unbranched alkanes of at least 4 members (excludes halogenated alkanes) is 2. The van der Waals surface area contributed by atoms with Gasteiger partial charge in [0.2, 0.25) is 0 Å². The van der Waals surface area contributed by atoms with Crippen molar-refractivity contribution in [2.45, 2.75) is 25.4 Å². The maximum absolute atomic E-state index is 13.5. The number of morpholine rings is 1. The van der Waals surface area contributed by atoms with Crippen LogP contribution in [0.5, 0.6) is 5.75 Å². The summed E-state index contributed by atoms with van der Waals surface area (Å²) in [5.74, 6) is 0.439. The molecule has 0 spiro atoms. The highest BCUT2D eigenvalue weighted by Gasteiger charge is 2.34. The van der Waals surface area contributed by atoms with E-state index in [1.54, 1.807) is 11.0 Å². The third-order valence-electron chi connectivity index (χ3n) is 6.98. The van der Waals surface area contributed by atoms with Crippen molar-refractivity contribution in [3.8, 4) is 5.75 Å². The molecule has 0 radical (unpaired) electrons. The average Bonchev–Trinajstić information content (AvgIpc) is 3.22. The van der Waals surface area contributed by atoms with Gasteiger partial charge in [-0.2, -0.15) is 13.2 Å². The zero-order chi connectivity index (χ0) is 27.2. The monoisotopic (exact) mass is 536 g/mol. The lowest BCUT2D eigenvalue weighted by Gasteiger charge is -2.26. The molecule has 3 aromatic carbocycles. The van der Waals surface area contributed by atoms with Crippen molar-refractivity contribution >= 4 is 28.9 Å². The number of carbonyl (C=O) groups excluding carboxylic acids is 1. The number of anilines is 2. The molecule has 2 aliphatic rings. The zero-order valence-corrected chi connectivity index (χ0v) is 21.6. The first kappa shape index (κ1) is 27.0. The van der Waals surface area contributed by atoms with Gasteiger partial charge in [-0.15, -0.1) is 0 Å². The number of para-hydroxylation sites is 1. The van der Waals surface area contributed by atoms with Gasteiger partial charge in [0.15, 0.2) is 0 Å². The Morgan fingerprint density at radius 1 is 0.897 bits per heavy atom. The van der Waals surface area contributed by atoms with Gasteiger partial charge in [-0.05, 0) is 79.9 Å².